The highest BCUT2D eigenvalue weighted by Crippen LogP contribution is 2.34. The van der Waals surface area contributed by atoms with Crippen LogP contribution in [-0.4, -0.2) is 11.1 Å². The molecule has 1 aromatic heterocycles. The fraction of sp³-hybridized carbons (Fsp3) is 0. The van der Waals surface area contributed by atoms with Crippen molar-refractivity contribution in [2.75, 3.05) is 0 Å². The molecule has 31 heavy (non-hydrogen) atoms. The van der Waals surface area contributed by atoms with Crippen molar-refractivity contribution in [3.63, 3.8) is 0 Å². The summed E-state index contributed by atoms with van der Waals surface area (Å²) in [4.78, 5) is 17.5. The van der Waals surface area contributed by atoms with E-state index in [1.165, 1.54) is 11.8 Å². The number of rotatable bonds is 3. The summed E-state index contributed by atoms with van der Waals surface area (Å²) in [5, 5.41) is 6.67. The molecule has 3 aromatic carbocycles. The molecule has 0 spiro atoms. The second kappa shape index (κ2) is 8.27. The molecule has 1 N–H and O–H groups in total. The predicted octanol–water partition coefficient (Wildman–Crippen LogP) is 7.30. The van der Waals surface area contributed by atoms with Crippen molar-refractivity contribution in [1.29, 1.82) is 0 Å². The summed E-state index contributed by atoms with van der Waals surface area (Å²) in [6.45, 7) is 0. The van der Waals surface area contributed by atoms with E-state index >= 15 is 0 Å². The van der Waals surface area contributed by atoms with Crippen LogP contribution in [0.1, 0.15) is 5.76 Å². The summed E-state index contributed by atoms with van der Waals surface area (Å²) < 4.78 is 5.86. The summed E-state index contributed by atoms with van der Waals surface area (Å²) >= 11 is 13.6. The zero-order valence-electron chi connectivity index (χ0n) is 15.9. The highest BCUT2D eigenvalue weighted by Gasteiger charge is 2.24. The number of nitrogens with one attached hydrogen (secondary N) is 1. The van der Waals surface area contributed by atoms with Gasteiger partial charge in [0.05, 0.1) is 15.6 Å². The number of aliphatic imine (C=N–C) groups is 1. The van der Waals surface area contributed by atoms with Gasteiger partial charge in [0.1, 0.15) is 11.5 Å². The number of hydrogen-bond donors (Lipinski definition) is 1. The topological polar surface area (TPSA) is 54.6 Å². The molecule has 1 aliphatic heterocycles. The van der Waals surface area contributed by atoms with Crippen molar-refractivity contribution in [2.45, 2.75) is 0 Å². The molecule has 0 bridgehead atoms. The van der Waals surface area contributed by atoms with E-state index in [4.69, 9.17) is 27.6 Å². The van der Waals surface area contributed by atoms with E-state index in [1.54, 1.807) is 36.4 Å². The molecule has 2 heterocycles. The molecule has 0 atom stereocenters. The zero-order valence-corrected chi connectivity index (χ0v) is 18.3. The van der Waals surface area contributed by atoms with Crippen molar-refractivity contribution >= 4 is 68.6 Å². The van der Waals surface area contributed by atoms with E-state index in [0.717, 1.165) is 16.5 Å². The van der Waals surface area contributed by atoms with Crippen LogP contribution in [0.15, 0.2) is 87.1 Å². The number of hydrogen-bond acceptors (Lipinski definition) is 4. The Morgan fingerprint density at radius 3 is 2.65 bits per heavy atom. The standard InChI is InChI=1S/C24H14Cl2N2O2S/c25-16-6-9-20(26)19(12-16)21-10-8-18(30-21)13-22-23(29)28-24(31-22)27-17-7-5-14-3-1-2-4-15(14)11-17/h1-13H,(H,27,28,29)/b22-13+. The molecule has 0 unspecified atom stereocenters. The van der Waals surface area contributed by atoms with Crippen LogP contribution in [0.2, 0.25) is 10.0 Å². The van der Waals surface area contributed by atoms with Crippen molar-refractivity contribution in [3.8, 4) is 11.3 Å². The lowest BCUT2D eigenvalue weighted by atomic mass is 10.1. The van der Waals surface area contributed by atoms with E-state index in [9.17, 15) is 4.79 Å². The lowest BCUT2D eigenvalue weighted by Crippen LogP contribution is -2.19. The highest BCUT2D eigenvalue weighted by atomic mass is 35.5. The fourth-order valence-electron chi connectivity index (χ4n) is 3.23. The number of benzene rings is 3. The predicted molar refractivity (Wildman–Crippen MR) is 129 cm³/mol. The Labute approximate surface area is 192 Å². The Bertz CT molecular complexity index is 1390. The summed E-state index contributed by atoms with van der Waals surface area (Å²) in [7, 11) is 0. The first kappa shape index (κ1) is 19.9. The summed E-state index contributed by atoms with van der Waals surface area (Å²) in [6, 6.07) is 22.8. The van der Waals surface area contributed by atoms with Gasteiger partial charge in [-0.25, -0.2) is 4.99 Å². The monoisotopic (exact) mass is 464 g/mol. The second-order valence-electron chi connectivity index (χ2n) is 6.84. The van der Waals surface area contributed by atoms with Gasteiger partial charge in [0.15, 0.2) is 5.17 Å². The number of nitrogens with zero attached hydrogens (tertiary/aromatic N) is 1. The molecule has 1 saturated heterocycles. The first-order chi connectivity index (χ1) is 15.0. The van der Waals surface area contributed by atoms with Gasteiger partial charge in [0, 0.05) is 16.7 Å². The Kier molecular flexibility index (Phi) is 5.32. The number of carbonyl (C=O) groups excluding carboxylic acids is 1. The third kappa shape index (κ3) is 4.26. The van der Waals surface area contributed by atoms with Gasteiger partial charge in [-0.2, -0.15) is 0 Å². The van der Waals surface area contributed by atoms with Gasteiger partial charge in [0.25, 0.3) is 5.91 Å². The third-order valence-electron chi connectivity index (χ3n) is 4.71. The first-order valence-electron chi connectivity index (χ1n) is 9.39. The van der Waals surface area contributed by atoms with Crippen LogP contribution in [0.25, 0.3) is 28.2 Å². The SMILES string of the molecule is O=C1NC(=Nc2ccc3ccccc3c2)S/C1=C/c1ccc(-c2cc(Cl)ccc2Cl)o1. The molecule has 1 amide bonds. The molecule has 7 heteroatoms. The molecule has 1 fully saturated rings. The first-order valence-corrected chi connectivity index (χ1v) is 11.0. The van der Waals surface area contributed by atoms with Gasteiger partial charge in [-0.05, 0) is 65.0 Å². The molecule has 4 nitrogen and oxygen atoms in total. The van der Waals surface area contributed by atoms with Crippen LogP contribution in [-0.2, 0) is 4.79 Å². The van der Waals surface area contributed by atoms with Gasteiger partial charge in [-0.15, -0.1) is 0 Å². The van der Waals surface area contributed by atoms with Crippen molar-refractivity contribution in [3.05, 3.63) is 93.5 Å². The highest BCUT2D eigenvalue weighted by molar-refractivity contribution is 8.18. The maximum Gasteiger partial charge on any atom is 0.264 e. The number of halogens is 2. The average Bonchev–Trinajstić information content (AvgIpc) is 3.36. The third-order valence-corrected chi connectivity index (χ3v) is 6.18. The van der Waals surface area contributed by atoms with E-state index in [0.29, 0.717) is 37.2 Å². The summed E-state index contributed by atoms with van der Waals surface area (Å²) in [5.74, 6) is 0.895. The normalized spacial score (nSPS) is 16.4. The molecule has 152 valence electrons. The number of carbonyl (C=O) groups is 1. The lowest BCUT2D eigenvalue weighted by molar-refractivity contribution is -0.115. The minimum absolute atomic E-state index is 0.219. The maximum absolute atomic E-state index is 12.4. The van der Waals surface area contributed by atoms with Crippen LogP contribution >= 0.6 is 35.0 Å². The largest absolute Gasteiger partial charge is 0.457 e. The quantitative estimate of drug-likeness (QED) is 0.323. The summed E-state index contributed by atoms with van der Waals surface area (Å²) in [6.07, 6.45) is 1.69. The Morgan fingerprint density at radius 1 is 0.935 bits per heavy atom. The van der Waals surface area contributed by atoms with Gasteiger partial charge in [0.2, 0.25) is 0 Å². The van der Waals surface area contributed by atoms with Gasteiger partial charge in [-0.1, -0.05) is 53.5 Å². The van der Waals surface area contributed by atoms with Crippen LogP contribution in [0.4, 0.5) is 5.69 Å². The zero-order chi connectivity index (χ0) is 21.4. The van der Waals surface area contributed by atoms with Crippen LogP contribution in [0.5, 0.6) is 0 Å². The van der Waals surface area contributed by atoms with Crippen LogP contribution < -0.4 is 5.32 Å². The van der Waals surface area contributed by atoms with Crippen LogP contribution in [0, 0.1) is 0 Å². The summed E-state index contributed by atoms with van der Waals surface area (Å²) in [5.41, 5.74) is 1.47. The van der Waals surface area contributed by atoms with Gasteiger partial charge < -0.3 is 9.73 Å². The smallest absolute Gasteiger partial charge is 0.264 e. The van der Waals surface area contributed by atoms with E-state index in [-0.39, 0.29) is 5.91 Å². The Balaban J connectivity index is 1.39. The van der Waals surface area contributed by atoms with Crippen LogP contribution in [0.3, 0.4) is 0 Å². The van der Waals surface area contributed by atoms with E-state index < -0.39 is 0 Å². The Morgan fingerprint density at radius 2 is 1.77 bits per heavy atom. The maximum atomic E-state index is 12.4. The molecular weight excluding hydrogens is 451 g/mol. The lowest BCUT2D eigenvalue weighted by Gasteiger charge is -2.01. The molecule has 0 saturated carbocycles. The number of furan rings is 1. The van der Waals surface area contributed by atoms with E-state index in [1.807, 2.05) is 42.5 Å². The average molecular weight is 465 g/mol. The van der Waals surface area contributed by atoms with Crippen molar-refractivity contribution < 1.29 is 9.21 Å². The molecular formula is C24H14Cl2N2O2S. The molecule has 1 aliphatic rings. The molecule has 4 aromatic rings. The number of thioether (sulfide) groups is 1. The second-order valence-corrected chi connectivity index (χ2v) is 8.71. The minimum Gasteiger partial charge on any atom is -0.457 e. The van der Waals surface area contributed by atoms with E-state index in [2.05, 4.69) is 10.3 Å². The molecule has 5 rings (SSSR count). The van der Waals surface area contributed by atoms with Crippen molar-refractivity contribution in [1.82, 2.24) is 5.32 Å². The number of amidine groups is 1. The number of amides is 1. The van der Waals surface area contributed by atoms with Gasteiger partial charge in [-0.3, -0.25) is 4.79 Å². The Hall–Kier alpha value is -2.99. The van der Waals surface area contributed by atoms with Crippen molar-refractivity contribution in [2.24, 2.45) is 4.99 Å². The number of fused-ring (bicyclic) bond motifs is 1. The molecule has 0 aliphatic carbocycles. The van der Waals surface area contributed by atoms with Gasteiger partial charge >= 0.3 is 0 Å². The minimum atomic E-state index is -0.219. The fourth-order valence-corrected chi connectivity index (χ4v) is 4.44. The molecule has 0 radical (unpaired) electrons.